The zero-order valence-corrected chi connectivity index (χ0v) is 7.41. The maximum absolute atomic E-state index is 11.2. The maximum Gasteiger partial charge on any atom is 0.246 e. The topological polar surface area (TPSA) is 81.4 Å². The van der Waals surface area contributed by atoms with Crippen LogP contribution in [0.1, 0.15) is 25.7 Å². The number of hydroxylamine groups is 1. The van der Waals surface area contributed by atoms with Crippen molar-refractivity contribution in [3.63, 3.8) is 0 Å². The van der Waals surface area contributed by atoms with E-state index in [4.69, 9.17) is 5.73 Å². The van der Waals surface area contributed by atoms with Gasteiger partial charge in [0, 0.05) is 5.92 Å². The highest BCUT2D eigenvalue weighted by molar-refractivity contribution is 5.78. The van der Waals surface area contributed by atoms with E-state index in [-0.39, 0.29) is 18.4 Å². The van der Waals surface area contributed by atoms with Crippen LogP contribution in [0.5, 0.6) is 0 Å². The predicted octanol–water partition coefficient (Wildman–Crippen LogP) is -0.290. The molecule has 0 aromatic rings. The van der Waals surface area contributed by atoms with Gasteiger partial charge in [0.2, 0.25) is 11.8 Å². The van der Waals surface area contributed by atoms with Gasteiger partial charge in [-0.2, -0.15) is 0 Å². The highest BCUT2D eigenvalue weighted by Gasteiger charge is 2.22. The first-order chi connectivity index (χ1) is 6.20. The second kappa shape index (κ2) is 4.81. The van der Waals surface area contributed by atoms with Crippen LogP contribution in [0.4, 0.5) is 0 Å². The van der Waals surface area contributed by atoms with Crippen LogP contribution in [0, 0.1) is 5.92 Å². The summed E-state index contributed by atoms with van der Waals surface area (Å²) >= 11 is 0. The first-order valence-corrected chi connectivity index (χ1v) is 4.40. The van der Waals surface area contributed by atoms with Crippen molar-refractivity contribution in [2.24, 2.45) is 11.7 Å². The fourth-order valence-electron chi connectivity index (χ4n) is 1.45. The van der Waals surface area contributed by atoms with Gasteiger partial charge in [-0.05, 0) is 12.8 Å². The maximum atomic E-state index is 11.2. The van der Waals surface area contributed by atoms with Crippen molar-refractivity contribution >= 4 is 11.8 Å². The molecule has 0 spiro atoms. The summed E-state index contributed by atoms with van der Waals surface area (Å²) in [5.74, 6) is -0.682. The molecule has 0 saturated heterocycles. The minimum absolute atomic E-state index is 0.0490. The Morgan fingerprint density at radius 1 is 1.38 bits per heavy atom. The van der Waals surface area contributed by atoms with Gasteiger partial charge >= 0.3 is 0 Å². The molecule has 0 bridgehead atoms. The molecule has 1 rings (SSSR count). The number of hydrogen-bond donors (Lipinski definition) is 2. The number of nitrogens with two attached hydrogens (primary N) is 1. The van der Waals surface area contributed by atoms with Crippen LogP contribution in [0.3, 0.4) is 0 Å². The van der Waals surface area contributed by atoms with Gasteiger partial charge < -0.3 is 5.73 Å². The third-order valence-electron chi connectivity index (χ3n) is 2.11. The molecule has 0 unspecified atom stereocenters. The quantitative estimate of drug-likeness (QED) is 0.592. The van der Waals surface area contributed by atoms with Crippen molar-refractivity contribution < 1.29 is 14.4 Å². The van der Waals surface area contributed by atoms with Crippen LogP contribution >= 0.6 is 0 Å². The second-order valence-corrected chi connectivity index (χ2v) is 3.20. The molecule has 5 nitrogen and oxygen atoms in total. The normalized spacial score (nSPS) is 17.2. The minimum atomic E-state index is -0.591. The summed E-state index contributed by atoms with van der Waals surface area (Å²) in [5.41, 5.74) is 7.03. The second-order valence-electron chi connectivity index (χ2n) is 3.20. The summed E-state index contributed by atoms with van der Waals surface area (Å²) in [5, 5.41) is 0. The highest BCUT2D eigenvalue weighted by atomic mass is 16.7. The number of carbonyl (C=O) groups excluding carboxylic acids is 2. The van der Waals surface area contributed by atoms with Crippen molar-refractivity contribution in [3.8, 4) is 0 Å². The molecule has 74 valence electrons. The van der Waals surface area contributed by atoms with E-state index in [1.807, 2.05) is 0 Å². The summed E-state index contributed by atoms with van der Waals surface area (Å²) in [6.07, 6.45) is 4.00. The Morgan fingerprint density at radius 3 is 2.54 bits per heavy atom. The lowest BCUT2D eigenvalue weighted by molar-refractivity contribution is -0.141. The summed E-state index contributed by atoms with van der Waals surface area (Å²) < 4.78 is 0. The molecule has 0 radical (unpaired) electrons. The molecule has 1 saturated carbocycles. The summed E-state index contributed by atoms with van der Waals surface area (Å²) in [4.78, 5) is 26.1. The monoisotopic (exact) mass is 186 g/mol. The highest BCUT2D eigenvalue weighted by Crippen LogP contribution is 2.24. The summed E-state index contributed by atoms with van der Waals surface area (Å²) in [6, 6.07) is 0. The molecular formula is C8H14N2O3. The largest absolute Gasteiger partial charge is 0.368 e. The van der Waals surface area contributed by atoms with Gasteiger partial charge in [-0.15, -0.1) is 0 Å². The average Bonchev–Trinajstić information content (AvgIpc) is 2.55. The molecule has 2 amide bonds. The van der Waals surface area contributed by atoms with Gasteiger partial charge in [-0.25, -0.2) is 5.48 Å². The molecule has 1 aliphatic rings. The fraction of sp³-hybridized carbons (Fsp3) is 0.750. The van der Waals surface area contributed by atoms with Gasteiger partial charge in [0.05, 0.1) is 0 Å². The van der Waals surface area contributed by atoms with Crippen LogP contribution in [-0.2, 0) is 14.4 Å². The molecular weight excluding hydrogens is 172 g/mol. The van der Waals surface area contributed by atoms with Gasteiger partial charge in [-0.3, -0.25) is 14.4 Å². The van der Waals surface area contributed by atoms with Gasteiger partial charge in [0.15, 0.2) is 6.61 Å². The molecule has 1 fully saturated rings. The molecule has 0 heterocycles. The number of hydrogen-bond acceptors (Lipinski definition) is 3. The Balaban J connectivity index is 2.13. The summed E-state index contributed by atoms with van der Waals surface area (Å²) in [7, 11) is 0. The van der Waals surface area contributed by atoms with E-state index >= 15 is 0 Å². The third-order valence-corrected chi connectivity index (χ3v) is 2.11. The van der Waals surface area contributed by atoms with E-state index in [2.05, 4.69) is 10.3 Å². The van der Waals surface area contributed by atoms with E-state index in [1.165, 1.54) is 0 Å². The fourth-order valence-corrected chi connectivity index (χ4v) is 1.45. The van der Waals surface area contributed by atoms with Gasteiger partial charge in [0.25, 0.3) is 0 Å². The molecule has 0 aliphatic heterocycles. The van der Waals surface area contributed by atoms with Crippen LogP contribution < -0.4 is 11.2 Å². The first kappa shape index (κ1) is 9.98. The van der Waals surface area contributed by atoms with Crippen LogP contribution in [-0.4, -0.2) is 18.4 Å². The Kier molecular flexibility index (Phi) is 3.70. The number of rotatable bonds is 4. The Bertz CT molecular complexity index is 200. The van der Waals surface area contributed by atoms with Crippen molar-refractivity contribution in [3.05, 3.63) is 0 Å². The molecule has 0 aromatic carbocycles. The number of primary amides is 1. The van der Waals surface area contributed by atoms with Crippen molar-refractivity contribution in [2.75, 3.05) is 6.61 Å². The van der Waals surface area contributed by atoms with Crippen LogP contribution in [0.2, 0.25) is 0 Å². The lowest BCUT2D eigenvalue weighted by Gasteiger charge is -2.08. The molecule has 13 heavy (non-hydrogen) atoms. The zero-order chi connectivity index (χ0) is 9.68. The van der Waals surface area contributed by atoms with Crippen molar-refractivity contribution in [1.82, 2.24) is 5.48 Å². The smallest absolute Gasteiger partial charge is 0.246 e. The van der Waals surface area contributed by atoms with Gasteiger partial charge in [-0.1, -0.05) is 12.8 Å². The molecule has 1 aliphatic carbocycles. The average molecular weight is 186 g/mol. The van der Waals surface area contributed by atoms with Crippen LogP contribution in [0.25, 0.3) is 0 Å². The van der Waals surface area contributed by atoms with E-state index in [0.29, 0.717) is 0 Å². The summed E-state index contributed by atoms with van der Waals surface area (Å²) in [6.45, 7) is -0.265. The van der Waals surface area contributed by atoms with E-state index in [0.717, 1.165) is 25.7 Å². The predicted molar refractivity (Wildman–Crippen MR) is 45.2 cm³/mol. The number of carbonyl (C=O) groups is 2. The number of amides is 2. The molecule has 0 atom stereocenters. The molecule has 3 N–H and O–H groups in total. The van der Waals surface area contributed by atoms with E-state index in [9.17, 15) is 9.59 Å². The van der Waals surface area contributed by atoms with Crippen LogP contribution in [0.15, 0.2) is 0 Å². The molecule has 5 heteroatoms. The van der Waals surface area contributed by atoms with E-state index in [1.54, 1.807) is 0 Å². The zero-order valence-electron chi connectivity index (χ0n) is 7.41. The Morgan fingerprint density at radius 2 is 2.00 bits per heavy atom. The first-order valence-electron chi connectivity index (χ1n) is 4.40. The lowest BCUT2D eigenvalue weighted by Crippen LogP contribution is -2.32. The van der Waals surface area contributed by atoms with Crippen molar-refractivity contribution in [2.45, 2.75) is 25.7 Å². The SMILES string of the molecule is NC(=O)CONC(=O)C1CCCC1. The lowest BCUT2D eigenvalue weighted by atomic mass is 10.1. The standard InChI is InChI=1S/C8H14N2O3/c9-7(11)5-13-10-8(12)6-3-1-2-4-6/h6H,1-5H2,(H2,9,11)(H,10,12). The molecule has 0 aromatic heterocycles. The minimum Gasteiger partial charge on any atom is -0.368 e. The third kappa shape index (κ3) is 3.42. The van der Waals surface area contributed by atoms with E-state index < -0.39 is 5.91 Å². The van der Waals surface area contributed by atoms with Crippen molar-refractivity contribution in [1.29, 1.82) is 0 Å². The van der Waals surface area contributed by atoms with Gasteiger partial charge in [0.1, 0.15) is 0 Å². The Labute approximate surface area is 76.6 Å². The number of nitrogens with one attached hydrogen (secondary N) is 1. The Hall–Kier alpha value is -1.10.